The van der Waals surface area contributed by atoms with Crippen molar-refractivity contribution in [1.82, 2.24) is 9.55 Å². The Morgan fingerprint density at radius 3 is 2.95 bits per heavy atom. The molecule has 0 saturated heterocycles. The van der Waals surface area contributed by atoms with Crippen molar-refractivity contribution in [1.29, 1.82) is 0 Å². The second kappa shape index (κ2) is 5.85. The van der Waals surface area contributed by atoms with Crippen LogP contribution in [0.2, 0.25) is 0 Å². The van der Waals surface area contributed by atoms with E-state index >= 15 is 0 Å². The van der Waals surface area contributed by atoms with Gasteiger partial charge in [0.15, 0.2) is 0 Å². The van der Waals surface area contributed by atoms with Crippen LogP contribution in [0.3, 0.4) is 0 Å². The van der Waals surface area contributed by atoms with Gasteiger partial charge in [-0.3, -0.25) is 4.57 Å². The molecule has 0 spiro atoms. The average Bonchev–Trinajstić information content (AvgIpc) is 3.10. The predicted octanol–water partition coefficient (Wildman–Crippen LogP) is 4.61. The zero-order valence-electron chi connectivity index (χ0n) is 11.2. The summed E-state index contributed by atoms with van der Waals surface area (Å²) in [5.74, 6) is 2.04. The Bertz CT molecular complexity index is 706. The van der Waals surface area contributed by atoms with Gasteiger partial charge in [-0.1, -0.05) is 13.0 Å². The number of imidazole rings is 1. The molecule has 104 valence electrons. The van der Waals surface area contributed by atoms with Crippen molar-refractivity contribution in [3.63, 3.8) is 0 Å². The Morgan fingerprint density at radius 1 is 1.35 bits per heavy atom. The van der Waals surface area contributed by atoms with Crippen LogP contribution in [0.5, 0.6) is 5.75 Å². The van der Waals surface area contributed by atoms with Crippen LogP contribution in [-0.4, -0.2) is 16.2 Å². The van der Waals surface area contributed by atoms with Gasteiger partial charge >= 0.3 is 0 Å². The van der Waals surface area contributed by atoms with Gasteiger partial charge in [-0.15, -0.1) is 11.6 Å². The van der Waals surface area contributed by atoms with Crippen LogP contribution in [0.15, 0.2) is 35.0 Å². The number of rotatable bonds is 5. The number of hydrogen-bond donors (Lipinski definition) is 0. The molecular weight excluding hydrogens is 292 g/mol. The van der Waals surface area contributed by atoms with Gasteiger partial charge in [-0.05, 0) is 30.0 Å². The summed E-state index contributed by atoms with van der Waals surface area (Å²) in [5.41, 5.74) is 3.01. The molecule has 0 atom stereocenters. The Morgan fingerprint density at radius 2 is 2.25 bits per heavy atom. The molecule has 0 unspecified atom stereocenters. The summed E-state index contributed by atoms with van der Waals surface area (Å²) < 4.78 is 7.88. The third kappa shape index (κ3) is 2.30. The van der Waals surface area contributed by atoms with Gasteiger partial charge in [0.2, 0.25) is 0 Å². The molecule has 0 aliphatic heterocycles. The molecule has 0 bridgehead atoms. The molecule has 1 aromatic carbocycles. The summed E-state index contributed by atoms with van der Waals surface area (Å²) in [4.78, 5) is 4.65. The van der Waals surface area contributed by atoms with Gasteiger partial charge in [0.05, 0.1) is 23.7 Å². The molecule has 3 aromatic rings. The van der Waals surface area contributed by atoms with Crippen molar-refractivity contribution in [3.05, 3.63) is 40.8 Å². The van der Waals surface area contributed by atoms with Gasteiger partial charge in [0, 0.05) is 5.38 Å². The van der Waals surface area contributed by atoms with E-state index in [1.807, 2.05) is 12.1 Å². The zero-order chi connectivity index (χ0) is 13.9. The SMILES string of the molecule is CCCOc1cccc2c1nc(CCl)n2-c1ccsc1. The summed E-state index contributed by atoms with van der Waals surface area (Å²) in [6, 6.07) is 8.08. The molecule has 0 fully saturated rings. The van der Waals surface area contributed by atoms with Crippen molar-refractivity contribution in [2.75, 3.05) is 6.61 Å². The van der Waals surface area contributed by atoms with E-state index in [2.05, 4.69) is 39.4 Å². The van der Waals surface area contributed by atoms with Crippen LogP contribution in [0, 0.1) is 0 Å². The lowest BCUT2D eigenvalue weighted by molar-refractivity contribution is 0.320. The first-order valence-corrected chi connectivity index (χ1v) is 8.04. The van der Waals surface area contributed by atoms with Crippen molar-refractivity contribution >= 4 is 34.0 Å². The summed E-state index contributed by atoms with van der Waals surface area (Å²) in [6.07, 6.45) is 0.976. The number of aromatic nitrogens is 2. The third-order valence-corrected chi connectivity index (χ3v) is 3.97. The van der Waals surface area contributed by atoms with E-state index in [9.17, 15) is 0 Å². The fourth-order valence-electron chi connectivity index (χ4n) is 2.21. The lowest BCUT2D eigenvalue weighted by Crippen LogP contribution is -1.97. The number of nitrogens with zero attached hydrogens (tertiary/aromatic N) is 2. The van der Waals surface area contributed by atoms with Crippen LogP contribution in [0.4, 0.5) is 0 Å². The molecule has 3 nitrogen and oxygen atoms in total. The van der Waals surface area contributed by atoms with Crippen LogP contribution in [0.1, 0.15) is 19.2 Å². The Balaban J connectivity index is 2.19. The van der Waals surface area contributed by atoms with Crippen LogP contribution < -0.4 is 4.74 Å². The average molecular weight is 307 g/mol. The third-order valence-electron chi connectivity index (χ3n) is 3.06. The predicted molar refractivity (Wildman–Crippen MR) is 84.3 cm³/mol. The molecule has 0 amide bonds. The van der Waals surface area contributed by atoms with E-state index in [1.54, 1.807) is 11.3 Å². The largest absolute Gasteiger partial charge is 0.491 e. The molecule has 0 saturated carbocycles. The Kier molecular flexibility index (Phi) is 3.94. The Hall–Kier alpha value is -1.52. The van der Waals surface area contributed by atoms with Crippen molar-refractivity contribution < 1.29 is 4.74 Å². The maximum Gasteiger partial charge on any atom is 0.147 e. The van der Waals surface area contributed by atoms with E-state index < -0.39 is 0 Å². The molecule has 2 aromatic heterocycles. The number of ether oxygens (including phenoxy) is 1. The molecule has 0 aliphatic carbocycles. The maximum atomic E-state index is 6.06. The van der Waals surface area contributed by atoms with Crippen LogP contribution in [-0.2, 0) is 5.88 Å². The quantitative estimate of drug-likeness (QED) is 0.643. The normalized spacial score (nSPS) is 11.1. The first-order chi connectivity index (χ1) is 9.85. The summed E-state index contributed by atoms with van der Waals surface area (Å²) >= 11 is 7.72. The van der Waals surface area contributed by atoms with E-state index in [-0.39, 0.29) is 0 Å². The minimum Gasteiger partial charge on any atom is -0.491 e. The molecule has 0 aliphatic rings. The van der Waals surface area contributed by atoms with Gasteiger partial charge in [-0.25, -0.2) is 4.98 Å². The summed E-state index contributed by atoms with van der Waals surface area (Å²) in [6.45, 7) is 2.79. The van der Waals surface area contributed by atoms with Gasteiger partial charge in [0.25, 0.3) is 0 Å². The van der Waals surface area contributed by atoms with Crippen molar-refractivity contribution in [2.24, 2.45) is 0 Å². The molecule has 0 radical (unpaired) electrons. The monoisotopic (exact) mass is 306 g/mol. The van der Waals surface area contributed by atoms with Crippen molar-refractivity contribution in [3.8, 4) is 11.4 Å². The highest BCUT2D eigenvalue weighted by atomic mass is 35.5. The van der Waals surface area contributed by atoms with Crippen LogP contribution >= 0.6 is 22.9 Å². The van der Waals surface area contributed by atoms with E-state index in [0.717, 1.165) is 34.7 Å². The zero-order valence-corrected chi connectivity index (χ0v) is 12.7. The number of halogens is 1. The van der Waals surface area contributed by atoms with Gasteiger partial charge in [0.1, 0.15) is 17.1 Å². The molecule has 3 rings (SSSR count). The number of benzene rings is 1. The number of para-hydroxylation sites is 1. The minimum absolute atomic E-state index is 0.373. The highest BCUT2D eigenvalue weighted by Gasteiger charge is 2.15. The second-order valence-electron chi connectivity index (χ2n) is 4.45. The Labute approximate surface area is 126 Å². The standard InChI is InChI=1S/C15H15ClN2OS/c1-2-7-19-13-5-3-4-12-15(13)17-14(9-16)18(12)11-6-8-20-10-11/h3-6,8,10H,2,7,9H2,1H3. The molecule has 20 heavy (non-hydrogen) atoms. The molecular formula is C15H15ClN2OS. The highest BCUT2D eigenvalue weighted by Crippen LogP contribution is 2.30. The fraction of sp³-hybridized carbons (Fsp3) is 0.267. The van der Waals surface area contributed by atoms with Crippen molar-refractivity contribution in [2.45, 2.75) is 19.2 Å². The molecule has 5 heteroatoms. The number of hydrogen-bond acceptors (Lipinski definition) is 3. The molecule has 0 N–H and O–H groups in total. The van der Waals surface area contributed by atoms with Gasteiger partial charge < -0.3 is 4.74 Å². The lowest BCUT2D eigenvalue weighted by atomic mass is 10.3. The van der Waals surface area contributed by atoms with Gasteiger partial charge in [-0.2, -0.15) is 11.3 Å². The number of alkyl halides is 1. The minimum atomic E-state index is 0.373. The first-order valence-electron chi connectivity index (χ1n) is 6.56. The molecule has 2 heterocycles. The number of fused-ring (bicyclic) bond motifs is 1. The summed E-state index contributed by atoms with van der Waals surface area (Å²) in [7, 11) is 0. The smallest absolute Gasteiger partial charge is 0.147 e. The van der Waals surface area contributed by atoms with E-state index in [0.29, 0.717) is 12.5 Å². The van der Waals surface area contributed by atoms with E-state index in [1.165, 1.54) is 0 Å². The first kappa shape index (κ1) is 13.5. The highest BCUT2D eigenvalue weighted by molar-refractivity contribution is 7.08. The number of thiophene rings is 1. The van der Waals surface area contributed by atoms with E-state index in [4.69, 9.17) is 16.3 Å². The fourth-order valence-corrected chi connectivity index (χ4v) is 3.01. The lowest BCUT2D eigenvalue weighted by Gasteiger charge is -2.06. The second-order valence-corrected chi connectivity index (χ2v) is 5.50. The van der Waals surface area contributed by atoms with Crippen LogP contribution in [0.25, 0.3) is 16.7 Å². The topological polar surface area (TPSA) is 27.1 Å². The maximum absolute atomic E-state index is 6.06. The summed E-state index contributed by atoms with van der Waals surface area (Å²) in [5, 5.41) is 4.15.